The number of aromatic nitrogens is 2. The lowest BCUT2D eigenvalue weighted by molar-refractivity contribution is 0.616. The third-order valence-corrected chi connectivity index (χ3v) is 3.48. The van der Waals surface area contributed by atoms with Crippen molar-refractivity contribution >= 4 is 34.2 Å². The SMILES string of the molecule is Cc1c(Cl)nc(-c2coc3ccccc23)nc1Cl. The maximum absolute atomic E-state index is 6.02. The standard InChI is InChI=1S/C13H8Cl2N2O/c1-7-11(14)16-13(17-12(7)15)9-6-18-10-5-3-2-4-8(9)10/h2-6H,1H3. The zero-order valence-electron chi connectivity index (χ0n) is 9.45. The van der Waals surface area contributed by atoms with E-state index in [4.69, 9.17) is 27.6 Å². The summed E-state index contributed by atoms with van der Waals surface area (Å²) in [6.07, 6.45) is 1.61. The molecule has 2 aromatic heterocycles. The second-order valence-electron chi connectivity index (χ2n) is 3.90. The van der Waals surface area contributed by atoms with Crippen molar-refractivity contribution in [1.82, 2.24) is 9.97 Å². The first-order chi connectivity index (χ1) is 8.66. The molecule has 3 nitrogen and oxygen atoms in total. The van der Waals surface area contributed by atoms with Gasteiger partial charge in [0.1, 0.15) is 22.2 Å². The average molecular weight is 279 g/mol. The molecule has 0 bridgehead atoms. The van der Waals surface area contributed by atoms with Crippen LogP contribution in [0.4, 0.5) is 0 Å². The fraction of sp³-hybridized carbons (Fsp3) is 0.0769. The highest BCUT2D eigenvalue weighted by molar-refractivity contribution is 6.34. The molecule has 0 radical (unpaired) electrons. The molecule has 3 aromatic rings. The highest BCUT2D eigenvalue weighted by Gasteiger charge is 2.13. The summed E-state index contributed by atoms with van der Waals surface area (Å²) in [7, 11) is 0. The molecule has 90 valence electrons. The minimum Gasteiger partial charge on any atom is -0.464 e. The average Bonchev–Trinajstić information content (AvgIpc) is 2.79. The van der Waals surface area contributed by atoms with Gasteiger partial charge in [0.25, 0.3) is 0 Å². The van der Waals surface area contributed by atoms with Crippen molar-refractivity contribution in [3.63, 3.8) is 0 Å². The Hall–Kier alpha value is -1.58. The van der Waals surface area contributed by atoms with Crippen LogP contribution >= 0.6 is 23.2 Å². The summed E-state index contributed by atoms with van der Waals surface area (Å²) in [5, 5.41) is 1.65. The fourth-order valence-electron chi connectivity index (χ4n) is 1.74. The van der Waals surface area contributed by atoms with Crippen molar-refractivity contribution in [2.24, 2.45) is 0 Å². The van der Waals surface area contributed by atoms with Crippen LogP contribution < -0.4 is 0 Å². The maximum atomic E-state index is 6.02. The number of furan rings is 1. The monoisotopic (exact) mass is 278 g/mol. The van der Waals surface area contributed by atoms with Crippen LogP contribution in [-0.4, -0.2) is 9.97 Å². The molecule has 0 aliphatic rings. The summed E-state index contributed by atoms with van der Waals surface area (Å²) in [5.41, 5.74) is 2.24. The second-order valence-corrected chi connectivity index (χ2v) is 4.62. The summed E-state index contributed by atoms with van der Waals surface area (Å²) in [6, 6.07) is 7.67. The predicted molar refractivity (Wildman–Crippen MR) is 72.0 cm³/mol. The largest absolute Gasteiger partial charge is 0.464 e. The summed E-state index contributed by atoms with van der Waals surface area (Å²) in [5.74, 6) is 0.473. The third-order valence-electron chi connectivity index (χ3n) is 2.75. The van der Waals surface area contributed by atoms with E-state index in [-0.39, 0.29) is 0 Å². The number of rotatable bonds is 1. The lowest BCUT2D eigenvalue weighted by Gasteiger charge is -2.03. The van der Waals surface area contributed by atoms with E-state index in [1.807, 2.05) is 24.3 Å². The maximum Gasteiger partial charge on any atom is 0.166 e. The van der Waals surface area contributed by atoms with Crippen LogP contribution in [0.25, 0.3) is 22.4 Å². The van der Waals surface area contributed by atoms with Gasteiger partial charge in [0.05, 0.1) is 5.56 Å². The van der Waals surface area contributed by atoms with Crippen molar-refractivity contribution in [3.8, 4) is 11.4 Å². The number of nitrogens with zero attached hydrogens (tertiary/aromatic N) is 2. The summed E-state index contributed by atoms with van der Waals surface area (Å²) < 4.78 is 5.45. The molecule has 5 heteroatoms. The van der Waals surface area contributed by atoms with E-state index in [1.165, 1.54) is 0 Å². The lowest BCUT2D eigenvalue weighted by Crippen LogP contribution is -1.93. The molecular formula is C13H8Cl2N2O. The molecule has 2 heterocycles. The Morgan fingerprint density at radius 2 is 1.72 bits per heavy atom. The van der Waals surface area contributed by atoms with Gasteiger partial charge in [0.15, 0.2) is 5.82 Å². The molecular weight excluding hydrogens is 271 g/mol. The van der Waals surface area contributed by atoms with Gasteiger partial charge in [-0.15, -0.1) is 0 Å². The van der Waals surface area contributed by atoms with Crippen LogP contribution in [0.2, 0.25) is 10.3 Å². The minimum atomic E-state index is 0.357. The van der Waals surface area contributed by atoms with E-state index >= 15 is 0 Å². The number of hydrogen-bond donors (Lipinski definition) is 0. The Balaban J connectivity index is 2.26. The van der Waals surface area contributed by atoms with Crippen LogP contribution in [0.3, 0.4) is 0 Å². The van der Waals surface area contributed by atoms with Crippen LogP contribution in [0.5, 0.6) is 0 Å². The zero-order chi connectivity index (χ0) is 12.7. The quantitative estimate of drug-likeness (QED) is 0.615. The molecule has 0 aliphatic carbocycles. The molecule has 3 rings (SSSR count). The topological polar surface area (TPSA) is 38.9 Å². The lowest BCUT2D eigenvalue weighted by atomic mass is 10.1. The van der Waals surface area contributed by atoms with Gasteiger partial charge in [-0.05, 0) is 13.0 Å². The molecule has 0 N–H and O–H groups in total. The summed E-state index contributed by atoms with van der Waals surface area (Å²) in [4.78, 5) is 8.47. The Morgan fingerprint density at radius 3 is 2.44 bits per heavy atom. The fourth-order valence-corrected chi connectivity index (χ4v) is 2.12. The van der Waals surface area contributed by atoms with Gasteiger partial charge < -0.3 is 4.42 Å². The minimum absolute atomic E-state index is 0.357. The molecule has 0 atom stereocenters. The molecule has 18 heavy (non-hydrogen) atoms. The Kier molecular flexibility index (Phi) is 2.73. The van der Waals surface area contributed by atoms with Gasteiger partial charge in [-0.2, -0.15) is 0 Å². The van der Waals surface area contributed by atoms with Gasteiger partial charge in [0.2, 0.25) is 0 Å². The van der Waals surface area contributed by atoms with E-state index in [0.717, 1.165) is 16.5 Å². The van der Waals surface area contributed by atoms with Crippen molar-refractivity contribution in [2.45, 2.75) is 6.92 Å². The molecule has 0 saturated heterocycles. The number of halogens is 2. The van der Waals surface area contributed by atoms with Gasteiger partial charge in [0, 0.05) is 10.9 Å². The summed E-state index contributed by atoms with van der Waals surface area (Å²) >= 11 is 12.0. The highest BCUT2D eigenvalue weighted by atomic mass is 35.5. The molecule has 0 spiro atoms. The second kappa shape index (κ2) is 4.26. The smallest absolute Gasteiger partial charge is 0.166 e. The van der Waals surface area contributed by atoms with Crippen molar-refractivity contribution in [1.29, 1.82) is 0 Å². The van der Waals surface area contributed by atoms with Crippen molar-refractivity contribution in [2.75, 3.05) is 0 Å². The molecule has 0 saturated carbocycles. The van der Waals surface area contributed by atoms with Crippen molar-refractivity contribution < 1.29 is 4.42 Å². The first-order valence-corrected chi connectivity index (χ1v) is 6.08. The zero-order valence-corrected chi connectivity index (χ0v) is 11.0. The van der Waals surface area contributed by atoms with E-state index in [0.29, 0.717) is 21.7 Å². The molecule has 0 unspecified atom stereocenters. The van der Waals surface area contributed by atoms with E-state index in [9.17, 15) is 0 Å². The first kappa shape index (κ1) is 11.5. The van der Waals surface area contributed by atoms with E-state index in [1.54, 1.807) is 13.2 Å². The summed E-state index contributed by atoms with van der Waals surface area (Å²) in [6.45, 7) is 1.78. The number of fused-ring (bicyclic) bond motifs is 1. The highest BCUT2D eigenvalue weighted by Crippen LogP contribution is 2.31. The molecule has 0 aliphatic heterocycles. The van der Waals surface area contributed by atoms with Gasteiger partial charge in [-0.25, -0.2) is 9.97 Å². The van der Waals surface area contributed by atoms with Crippen molar-refractivity contribution in [3.05, 3.63) is 46.4 Å². The Bertz CT molecular complexity index is 714. The number of para-hydroxylation sites is 1. The van der Waals surface area contributed by atoms with Crippen LogP contribution in [0.15, 0.2) is 34.9 Å². The Labute approximate surface area is 113 Å². The normalized spacial score (nSPS) is 11.1. The molecule has 1 aromatic carbocycles. The molecule has 0 fully saturated rings. The van der Waals surface area contributed by atoms with Gasteiger partial charge in [-0.1, -0.05) is 41.4 Å². The first-order valence-electron chi connectivity index (χ1n) is 5.33. The van der Waals surface area contributed by atoms with E-state index in [2.05, 4.69) is 9.97 Å². The van der Waals surface area contributed by atoms with Gasteiger partial charge >= 0.3 is 0 Å². The third kappa shape index (κ3) is 1.76. The van der Waals surface area contributed by atoms with Crippen LogP contribution in [-0.2, 0) is 0 Å². The van der Waals surface area contributed by atoms with Crippen LogP contribution in [0.1, 0.15) is 5.56 Å². The van der Waals surface area contributed by atoms with Gasteiger partial charge in [-0.3, -0.25) is 0 Å². The number of benzene rings is 1. The van der Waals surface area contributed by atoms with Crippen LogP contribution in [0, 0.1) is 6.92 Å². The molecule has 0 amide bonds. The predicted octanol–water partition coefficient (Wildman–Crippen LogP) is 4.51. The van der Waals surface area contributed by atoms with E-state index < -0.39 is 0 Å². The Morgan fingerprint density at radius 1 is 1.06 bits per heavy atom. The number of hydrogen-bond acceptors (Lipinski definition) is 3.